The fraction of sp³-hybridized carbons (Fsp3) is 0.286. The van der Waals surface area contributed by atoms with Crippen molar-refractivity contribution in [2.45, 2.75) is 22.6 Å². The molecule has 2 aliphatic heterocycles. The Bertz CT molecular complexity index is 1290. The zero-order valence-electron chi connectivity index (χ0n) is 20.4. The number of anilines is 1. The molecule has 3 aromatic carbocycles. The molecule has 1 fully saturated rings. The van der Waals surface area contributed by atoms with Crippen LogP contribution in [0.25, 0.3) is 0 Å². The van der Waals surface area contributed by atoms with Crippen LogP contribution in [-0.4, -0.2) is 57.2 Å². The van der Waals surface area contributed by atoms with E-state index in [-0.39, 0.29) is 11.8 Å². The van der Waals surface area contributed by atoms with E-state index in [0.717, 1.165) is 35.2 Å². The quantitative estimate of drug-likeness (QED) is 0.374. The van der Waals surface area contributed by atoms with E-state index >= 15 is 0 Å². The number of benzene rings is 3. The van der Waals surface area contributed by atoms with Gasteiger partial charge in [0.25, 0.3) is 11.8 Å². The fourth-order valence-electron chi connectivity index (χ4n) is 4.52. The number of carbonyl (C=O) groups excluding carboxylic acids is 2. The van der Waals surface area contributed by atoms with E-state index in [4.69, 9.17) is 14.2 Å². The summed E-state index contributed by atoms with van der Waals surface area (Å²) in [6.45, 7) is 3.63. The summed E-state index contributed by atoms with van der Waals surface area (Å²) in [6.07, 6.45) is 2.47. The van der Waals surface area contributed by atoms with E-state index in [0.29, 0.717) is 34.9 Å². The molecule has 0 saturated carbocycles. The molecule has 0 unspecified atom stereocenters. The Morgan fingerprint density at radius 3 is 2.36 bits per heavy atom. The van der Waals surface area contributed by atoms with Gasteiger partial charge in [0.2, 0.25) is 0 Å². The average molecular weight is 505 g/mol. The Kier molecular flexibility index (Phi) is 7.16. The van der Waals surface area contributed by atoms with Crippen molar-refractivity contribution in [3.63, 3.8) is 0 Å². The van der Waals surface area contributed by atoms with Crippen molar-refractivity contribution in [3.05, 3.63) is 71.8 Å². The van der Waals surface area contributed by atoms with E-state index in [1.807, 2.05) is 30.3 Å². The molecule has 2 amide bonds. The van der Waals surface area contributed by atoms with Gasteiger partial charge < -0.3 is 14.2 Å². The van der Waals surface area contributed by atoms with Crippen molar-refractivity contribution in [2.75, 3.05) is 45.4 Å². The summed E-state index contributed by atoms with van der Waals surface area (Å²) in [5, 5.41) is 0. The molecule has 3 aromatic rings. The maximum absolute atomic E-state index is 13.3. The summed E-state index contributed by atoms with van der Waals surface area (Å²) in [5.74, 6) is 1.13. The number of methoxy groups -OCH3 is 2. The van der Waals surface area contributed by atoms with E-state index in [9.17, 15) is 9.59 Å². The maximum Gasteiger partial charge on any atom is 0.266 e. The lowest BCUT2D eigenvalue weighted by molar-refractivity contribution is 0.0926. The highest BCUT2D eigenvalue weighted by atomic mass is 32.2. The van der Waals surface area contributed by atoms with Gasteiger partial charge >= 0.3 is 0 Å². The average Bonchev–Trinajstić information content (AvgIpc) is 3.50. The summed E-state index contributed by atoms with van der Waals surface area (Å²) in [6, 6.07) is 18.2. The highest BCUT2D eigenvalue weighted by Crippen LogP contribution is 2.38. The van der Waals surface area contributed by atoms with Crippen LogP contribution in [0.3, 0.4) is 0 Å². The molecule has 0 atom stereocenters. The van der Waals surface area contributed by atoms with Crippen LogP contribution in [0.4, 0.5) is 5.69 Å². The van der Waals surface area contributed by atoms with E-state index < -0.39 is 0 Å². The summed E-state index contributed by atoms with van der Waals surface area (Å²) in [5.41, 5.74) is 1.23. The van der Waals surface area contributed by atoms with Crippen LogP contribution in [0, 0.1) is 0 Å². The van der Waals surface area contributed by atoms with Gasteiger partial charge in [0.05, 0.1) is 31.0 Å². The van der Waals surface area contributed by atoms with Crippen LogP contribution in [0.1, 0.15) is 33.6 Å². The van der Waals surface area contributed by atoms with Crippen LogP contribution in [0.15, 0.2) is 70.5 Å². The summed E-state index contributed by atoms with van der Waals surface area (Å²) in [7, 11) is 3.18. The Morgan fingerprint density at radius 1 is 0.806 bits per heavy atom. The van der Waals surface area contributed by atoms with Crippen molar-refractivity contribution in [3.8, 4) is 17.2 Å². The largest absolute Gasteiger partial charge is 0.497 e. The first-order valence-corrected chi connectivity index (χ1v) is 12.8. The first-order chi connectivity index (χ1) is 17.6. The van der Waals surface area contributed by atoms with Gasteiger partial charge in [-0.05, 0) is 74.5 Å². The van der Waals surface area contributed by atoms with Crippen LogP contribution in [0.2, 0.25) is 0 Å². The predicted molar refractivity (Wildman–Crippen MR) is 139 cm³/mol. The van der Waals surface area contributed by atoms with Crippen LogP contribution >= 0.6 is 11.8 Å². The molecule has 2 aliphatic rings. The van der Waals surface area contributed by atoms with Crippen molar-refractivity contribution in [1.29, 1.82) is 0 Å². The zero-order valence-corrected chi connectivity index (χ0v) is 21.2. The second kappa shape index (κ2) is 10.6. The monoisotopic (exact) mass is 504 g/mol. The molecule has 7 nitrogen and oxygen atoms in total. The topological polar surface area (TPSA) is 68.3 Å². The zero-order chi connectivity index (χ0) is 25.1. The molecule has 186 valence electrons. The van der Waals surface area contributed by atoms with Crippen molar-refractivity contribution in [1.82, 2.24) is 4.90 Å². The summed E-state index contributed by atoms with van der Waals surface area (Å²) >= 11 is 1.51. The number of rotatable bonds is 9. The van der Waals surface area contributed by atoms with E-state index in [1.54, 1.807) is 44.6 Å². The fourth-order valence-corrected chi connectivity index (χ4v) is 5.43. The molecule has 5 rings (SSSR count). The van der Waals surface area contributed by atoms with Gasteiger partial charge in [-0.25, -0.2) is 4.90 Å². The number of likely N-dealkylation sites (tertiary alicyclic amines) is 1. The smallest absolute Gasteiger partial charge is 0.266 e. The number of imide groups is 1. The Labute approximate surface area is 214 Å². The minimum atomic E-state index is -0.354. The number of carbonyl (C=O) groups is 2. The SMILES string of the molecule is COc1cccc(Sc2ccc3c(c2)C(=O)N(c2ccc(OCCN4CCCC4)c(OC)c2)C3=O)c1. The van der Waals surface area contributed by atoms with Crippen LogP contribution < -0.4 is 19.1 Å². The van der Waals surface area contributed by atoms with Gasteiger partial charge in [0, 0.05) is 22.4 Å². The third-order valence-corrected chi connectivity index (χ3v) is 7.38. The standard InChI is InChI=1S/C28H28N2O5S/c1-33-20-6-5-7-21(17-20)36-22-9-10-23-24(18-22)28(32)30(27(23)31)19-8-11-25(26(16-19)34-2)35-15-14-29-12-3-4-13-29/h5-11,16-18H,3-4,12-15H2,1-2H3. The van der Waals surface area contributed by atoms with Gasteiger partial charge in [-0.3, -0.25) is 14.5 Å². The summed E-state index contributed by atoms with van der Waals surface area (Å²) < 4.78 is 16.8. The Morgan fingerprint density at radius 2 is 1.58 bits per heavy atom. The first kappa shape index (κ1) is 24.2. The molecule has 0 bridgehead atoms. The number of hydrogen-bond donors (Lipinski definition) is 0. The Balaban J connectivity index is 1.32. The van der Waals surface area contributed by atoms with Gasteiger partial charge in [-0.2, -0.15) is 0 Å². The molecule has 36 heavy (non-hydrogen) atoms. The number of amides is 2. The second-order valence-electron chi connectivity index (χ2n) is 8.67. The third-order valence-electron chi connectivity index (χ3n) is 6.40. The van der Waals surface area contributed by atoms with Crippen LogP contribution in [-0.2, 0) is 0 Å². The highest BCUT2D eigenvalue weighted by Gasteiger charge is 2.37. The van der Waals surface area contributed by atoms with Crippen LogP contribution in [0.5, 0.6) is 17.2 Å². The molecular weight excluding hydrogens is 476 g/mol. The van der Waals surface area contributed by atoms with Gasteiger partial charge in [0.1, 0.15) is 12.4 Å². The van der Waals surface area contributed by atoms with Gasteiger partial charge in [-0.1, -0.05) is 17.8 Å². The van der Waals surface area contributed by atoms with Crippen molar-refractivity contribution in [2.24, 2.45) is 0 Å². The molecule has 0 spiro atoms. The predicted octanol–water partition coefficient (Wildman–Crippen LogP) is 5.13. The maximum atomic E-state index is 13.3. The lowest BCUT2D eigenvalue weighted by Crippen LogP contribution is -2.29. The number of nitrogens with zero attached hydrogens (tertiary/aromatic N) is 2. The minimum Gasteiger partial charge on any atom is -0.497 e. The van der Waals surface area contributed by atoms with Gasteiger partial charge in [0.15, 0.2) is 11.5 Å². The molecule has 0 N–H and O–H groups in total. The Hall–Kier alpha value is -3.49. The lowest BCUT2D eigenvalue weighted by atomic mass is 10.1. The molecule has 2 heterocycles. The first-order valence-electron chi connectivity index (χ1n) is 12.0. The summed E-state index contributed by atoms with van der Waals surface area (Å²) in [4.78, 5) is 31.9. The normalized spacial score (nSPS) is 15.3. The minimum absolute atomic E-state index is 0.349. The third kappa shape index (κ3) is 4.92. The lowest BCUT2D eigenvalue weighted by Gasteiger charge is -2.18. The number of hydrogen-bond acceptors (Lipinski definition) is 7. The second-order valence-corrected chi connectivity index (χ2v) is 9.81. The molecule has 0 aliphatic carbocycles. The number of ether oxygens (including phenoxy) is 3. The van der Waals surface area contributed by atoms with E-state index in [2.05, 4.69) is 4.90 Å². The molecule has 1 saturated heterocycles. The molecular formula is C28H28N2O5S. The van der Waals surface area contributed by atoms with Crippen molar-refractivity contribution < 1.29 is 23.8 Å². The molecule has 0 aromatic heterocycles. The molecule has 8 heteroatoms. The van der Waals surface area contributed by atoms with Crippen molar-refractivity contribution >= 4 is 29.3 Å². The van der Waals surface area contributed by atoms with Gasteiger partial charge in [-0.15, -0.1) is 0 Å². The van der Waals surface area contributed by atoms with E-state index in [1.165, 1.54) is 29.5 Å². The molecule has 0 radical (unpaired) electrons. The number of fused-ring (bicyclic) bond motifs is 1. The highest BCUT2D eigenvalue weighted by molar-refractivity contribution is 7.99.